The Hall–Kier alpha value is -2.17. The Balaban J connectivity index is 2.34. The van der Waals surface area contributed by atoms with Crippen molar-refractivity contribution in [3.63, 3.8) is 0 Å². The number of hydrogen-bond acceptors (Lipinski definition) is 0. The van der Waals surface area contributed by atoms with E-state index in [0.29, 0.717) is 0 Å². The molecule has 0 aliphatic carbocycles. The van der Waals surface area contributed by atoms with Gasteiger partial charge >= 0.3 is 0 Å². The van der Waals surface area contributed by atoms with E-state index in [4.69, 9.17) is 0 Å². The number of benzene rings is 2. The standard InChI is InChI=1S/C19H16P/c1-2-6-12-17(11-5-1)20(18-13-7-3-8-14-18)19-15-9-4-10-16-19/h1-16H/q+1. The summed E-state index contributed by atoms with van der Waals surface area (Å²) in [5.41, 5.74) is 0. The van der Waals surface area contributed by atoms with Gasteiger partial charge in [0.1, 0.15) is 0 Å². The average molecular weight is 275 g/mol. The van der Waals surface area contributed by atoms with E-state index in [1.54, 1.807) is 0 Å². The fraction of sp³-hybridized carbons (Fsp3) is 0. The van der Waals surface area contributed by atoms with Crippen LogP contribution in [0, 0.1) is 4.94 Å². The minimum absolute atomic E-state index is 0.483. The third-order valence-electron chi connectivity index (χ3n) is 3.15. The fourth-order valence-electron chi connectivity index (χ4n) is 2.24. The summed E-state index contributed by atoms with van der Waals surface area (Å²) in [4.78, 5) is 1.38. The van der Waals surface area contributed by atoms with Crippen molar-refractivity contribution < 1.29 is 0 Å². The molecule has 20 heavy (non-hydrogen) atoms. The lowest BCUT2D eigenvalue weighted by atomic mass is 10.4. The second kappa shape index (κ2) is 6.32. The Morgan fingerprint density at radius 2 is 0.750 bits per heavy atom. The van der Waals surface area contributed by atoms with E-state index >= 15 is 0 Å². The molecule has 0 saturated heterocycles. The van der Waals surface area contributed by atoms with Crippen LogP contribution >= 0.6 is 7.55 Å². The molecule has 0 spiro atoms. The SMILES string of the molecule is c1ccc([P+](c2ccccc2)=c2cccccc2)cc1. The number of rotatable bonds is 2. The summed E-state index contributed by atoms with van der Waals surface area (Å²) < 4.78 is 0. The van der Waals surface area contributed by atoms with Crippen molar-refractivity contribution in [3.8, 4) is 0 Å². The molecule has 96 valence electrons. The van der Waals surface area contributed by atoms with E-state index in [-0.39, 0.29) is 0 Å². The zero-order chi connectivity index (χ0) is 13.6. The number of hydrogen-bond donors (Lipinski definition) is 0. The van der Waals surface area contributed by atoms with Crippen molar-refractivity contribution in [2.45, 2.75) is 0 Å². The third kappa shape index (κ3) is 2.87. The Kier molecular flexibility index (Phi) is 4.06. The summed E-state index contributed by atoms with van der Waals surface area (Å²) in [6, 6.07) is 34.4. The maximum atomic E-state index is 2.23. The van der Waals surface area contributed by atoms with Crippen LogP contribution in [0.2, 0.25) is 0 Å². The quantitative estimate of drug-likeness (QED) is 0.610. The Morgan fingerprint density at radius 3 is 1.20 bits per heavy atom. The molecule has 0 atom stereocenters. The fourth-order valence-corrected chi connectivity index (χ4v) is 4.55. The van der Waals surface area contributed by atoms with Gasteiger partial charge in [-0.1, -0.05) is 60.7 Å². The molecule has 0 aliphatic heterocycles. The lowest BCUT2D eigenvalue weighted by Gasteiger charge is -1.96. The first-order chi connectivity index (χ1) is 9.95. The zero-order valence-electron chi connectivity index (χ0n) is 11.2. The van der Waals surface area contributed by atoms with Crippen LogP contribution in [0.25, 0.3) is 0 Å². The third-order valence-corrected chi connectivity index (χ3v) is 5.60. The normalized spacial score (nSPS) is 10.0. The smallest absolute Gasteiger partial charge is 0.0621 e. The van der Waals surface area contributed by atoms with Crippen molar-refractivity contribution in [2.24, 2.45) is 0 Å². The molecular weight excluding hydrogens is 259 g/mol. The van der Waals surface area contributed by atoms with Gasteiger partial charge in [-0.25, -0.2) is 0 Å². The molecule has 0 radical (unpaired) electrons. The van der Waals surface area contributed by atoms with Crippen LogP contribution in [0.3, 0.4) is 0 Å². The summed E-state index contributed by atoms with van der Waals surface area (Å²) in [5, 5.41) is 2.78. The minimum Gasteiger partial charge on any atom is -0.0621 e. The van der Waals surface area contributed by atoms with Gasteiger partial charge in [-0.15, -0.1) is 0 Å². The highest BCUT2D eigenvalue weighted by Gasteiger charge is 2.17. The molecule has 0 amide bonds. The summed E-state index contributed by atoms with van der Waals surface area (Å²) >= 11 is 0. The van der Waals surface area contributed by atoms with E-state index in [1.165, 1.54) is 15.5 Å². The van der Waals surface area contributed by atoms with Gasteiger partial charge in [0.15, 0.2) is 23.1 Å². The van der Waals surface area contributed by atoms with Gasteiger partial charge < -0.3 is 0 Å². The second-order valence-corrected chi connectivity index (χ2v) is 6.75. The van der Waals surface area contributed by atoms with E-state index in [9.17, 15) is 0 Å². The molecule has 0 aliphatic rings. The van der Waals surface area contributed by atoms with Crippen molar-refractivity contribution >= 4 is 18.2 Å². The van der Waals surface area contributed by atoms with E-state index in [1.807, 2.05) is 0 Å². The Bertz CT molecular complexity index is 683. The van der Waals surface area contributed by atoms with Crippen molar-refractivity contribution in [1.29, 1.82) is 0 Å². The molecule has 0 fully saturated rings. The molecule has 0 saturated carbocycles. The molecular formula is C19H16P+. The first kappa shape index (κ1) is 12.8. The molecule has 0 bridgehead atoms. The predicted molar refractivity (Wildman–Crippen MR) is 88.8 cm³/mol. The molecule has 3 aromatic carbocycles. The first-order valence-corrected chi connectivity index (χ1v) is 8.08. The summed E-state index contributed by atoms with van der Waals surface area (Å²) in [7, 11) is -0.483. The van der Waals surface area contributed by atoms with Gasteiger partial charge in [0.05, 0.1) is 0 Å². The highest BCUT2D eigenvalue weighted by molar-refractivity contribution is 7.65. The van der Waals surface area contributed by atoms with Gasteiger partial charge in [0.25, 0.3) is 0 Å². The maximum Gasteiger partial charge on any atom is 0.177 e. The van der Waals surface area contributed by atoms with Crippen LogP contribution in [0.1, 0.15) is 0 Å². The van der Waals surface area contributed by atoms with Gasteiger partial charge in [-0.05, 0) is 36.4 Å². The largest absolute Gasteiger partial charge is 0.177 e. The molecule has 0 nitrogen and oxygen atoms in total. The Morgan fingerprint density at radius 1 is 0.400 bits per heavy atom. The van der Waals surface area contributed by atoms with Crippen molar-refractivity contribution in [2.75, 3.05) is 0 Å². The molecule has 0 heterocycles. The highest BCUT2D eigenvalue weighted by Crippen LogP contribution is 2.25. The van der Waals surface area contributed by atoms with Crippen molar-refractivity contribution in [1.82, 2.24) is 0 Å². The molecule has 0 N–H and O–H groups in total. The minimum atomic E-state index is -0.483. The van der Waals surface area contributed by atoms with Crippen LogP contribution in [-0.4, -0.2) is 0 Å². The first-order valence-electron chi connectivity index (χ1n) is 6.74. The maximum absolute atomic E-state index is 2.23. The van der Waals surface area contributed by atoms with Crippen LogP contribution in [0.5, 0.6) is 0 Å². The van der Waals surface area contributed by atoms with Crippen LogP contribution in [0.4, 0.5) is 0 Å². The van der Waals surface area contributed by atoms with Crippen LogP contribution < -0.4 is 10.6 Å². The predicted octanol–water partition coefficient (Wildman–Crippen LogP) is 4.35. The van der Waals surface area contributed by atoms with Crippen molar-refractivity contribution in [3.05, 3.63) is 102 Å². The van der Waals surface area contributed by atoms with Crippen LogP contribution in [0.15, 0.2) is 97.1 Å². The monoisotopic (exact) mass is 275 g/mol. The molecule has 1 heteroatoms. The summed E-state index contributed by atoms with van der Waals surface area (Å²) in [6.45, 7) is 0. The Labute approximate surface area is 120 Å². The van der Waals surface area contributed by atoms with E-state index in [0.717, 1.165) is 0 Å². The molecule has 3 aromatic rings. The van der Waals surface area contributed by atoms with Gasteiger partial charge in [0.2, 0.25) is 0 Å². The van der Waals surface area contributed by atoms with E-state index < -0.39 is 7.55 Å². The summed E-state index contributed by atoms with van der Waals surface area (Å²) in [5.74, 6) is 0. The molecule has 0 aromatic heterocycles. The van der Waals surface area contributed by atoms with Gasteiger partial charge in [0, 0.05) is 0 Å². The molecule has 0 unspecified atom stereocenters. The van der Waals surface area contributed by atoms with Gasteiger partial charge in [-0.2, -0.15) is 0 Å². The highest BCUT2D eigenvalue weighted by atomic mass is 31.1. The zero-order valence-corrected chi connectivity index (χ0v) is 12.1. The van der Waals surface area contributed by atoms with E-state index in [2.05, 4.69) is 97.1 Å². The average Bonchev–Trinajstić information content (AvgIpc) is 2.79. The topological polar surface area (TPSA) is 0 Å². The summed E-state index contributed by atoms with van der Waals surface area (Å²) in [6.07, 6.45) is 0. The lowest BCUT2D eigenvalue weighted by Crippen LogP contribution is -2.06. The molecule has 3 rings (SSSR count). The van der Waals surface area contributed by atoms with Gasteiger partial charge in [-0.3, -0.25) is 0 Å². The second-order valence-electron chi connectivity index (χ2n) is 4.53. The van der Waals surface area contributed by atoms with Crippen LogP contribution in [-0.2, 0) is 0 Å². The lowest BCUT2D eigenvalue weighted by molar-refractivity contribution is 1.74.